The molecule has 5 rings (SSSR count). The first kappa shape index (κ1) is 30.7. The molecule has 0 bridgehead atoms. The minimum Gasteiger partial charge on any atom is -0.496 e. The summed E-state index contributed by atoms with van der Waals surface area (Å²) in [5, 5.41) is 6.24. The molecule has 0 spiro atoms. The van der Waals surface area contributed by atoms with E-state index in [9.17, 15) is 9.59 Å². The van der Waals surface area contributed by atoms with E-state index >= 15 is 8.78 Å². The Labute approximate surface area is 263 Å². The van der Waals surface area contributed by atoms with Crippen molar-refractivity contribution < 1.29 is 23.1 Å². The summed E-state index contributed by atoms with van der Waals surface area (Å²) in [5.41, 5.74) is 2.38. The Morgan fingerprint density at radius 2 is 1.16 bits per heavy atom. The highest BCUT2D eigenvalue weighted by Gasteiger charge is 2.20. The van der Waals surface area contributed by atoms with Gasteiger partial charge in [-0.3, -0.25) is 9.59 Å². The van der Waals surface area contributed by atoms with Gasteiger partial charge in [0.2, 0.25) is 0 Å². The van der Waals surface area contributed by atoms with Crippen LogP contribution in [0.2, 0.25) is 10.0 Å². The van der Waals surface area contributed by atoms with Crippen molar-refractivity contribution in [1.29, 1.82) is 0 Å². The van der Waals surface area contributed by atoms with E-state index in [0.29, 0.717) is 21.2 Å². The van der Waals surface area contributed by atoms with Crippen LogP contribution >= 0.6 is 23.2 Å². The van der Waals surface area contributed by atoms with Gasteiger partial charge < -0.3 is 15.4 Å². The number of nitrogens with one attached hydrogen (secondary N) is 2. The maximum atomic E-state index is 15.4. The van der Waals surface area contributed by atoms with Crippen molar-refractivity contribution in [2.24, 2.45) is 0 Å². The zero-order valence-corrected chi connectivity index (χ0v) is 25.0. The molecule has 0 aliphatic heterocycles. The number of ether oxygens (including phenoxy) is 1. The molecule has 0 aromatic heterocycles. The molecule has 2 N–H and O–H groups in total. The molecule has 5 aromatic carbocycles. The van der Waals surface area contributed by atoms with E-state index in [0.717, 1.165) is 11.1 Å². The smallest absolute Gasteiger partial charge is 0.259 e. The fourth-order valence-corrected chi connectivity index (χ4v) is 5.20. The number of carbonyl (C=O) groups is 2. The van der Waals surface area contributed by atoms with Crippen LogP contribution in [0.25, 0.3) is 0 Å². The van der Waals surface area contributed by atoms with Gasteiger partial charge in [0.25, 0.3) is 11.8 Å². The SMILES string of the molecule is COc1ccc(C(=O)Nc2cccc(Cc3cccc(Cl)c3)c2F)cc1C(=O)Nc1cccc(Cc2cccc(Cl)c2)c1F. The summed E-state index contributed by atoms with van der Waals surface area (Å²) < 4.78 is 36.1. The van der Waals surface area contributed by atoms with Crippen LogP contribution in [0.1, 0.15) is 43.0 Å². The predicted molar refractivity (Wildman–Crippen MR) is 170 cm³/mol. The van der Waals surface area contributed by atoms with Gasteiger partial charge in [0.15, 0.2) is 0 Å². The molecule has 44 heavy (non-hydrogen) atoms. The van der Waals surface area contributed by atoms with Crippen molar-refractivity contribution >= 4 is 46.4 Å². The molecular weight excluding hydrogens is 605 g/mol. The Morgan fingerprint density at radius 1 is 0.659 bits per heavy atom. The summed E-state index contributed by atoms with van der Waals surface area (Å²) in [6.07, 6.45) is 0.547. The summed E-state index contributed by atoms with van der Waals surface area (Å²) >= 11 is 12.1. The van der Waals surface area contributed by atoms with Gasteiger partial charge in [-0.1, -0.05) is 71.7 Å². The lowest BCUT2D eigenvalue weighted by Gasteiger charge is -2.14. The highest BCUT2D eigenvalue weighted by molar-refractivity contribution is 6.30. The fraction of sp³-hybridized carbons (Fsp3) is 0.0857. The monoisotopic (exact) mass is 630 g/mol. The normalized spacial score (nSPS) is 10.8. The molecule has 0 radical (unpaired) electrons. The summed E-state index contributed by atoms with van der Waals surface area (Å²) in [4.78, 5) is 26.5. The van der Waals surface area contributed by atoms with Crippen molar-refractivity contribution in [2.45, 2.75) is 12.8 Å². The molecule has 0 heterocycles. The van der Waals surface area contributed by atoms with Crippen LogP contribution in [0.4, 0.5) is 20.2 Å². The number of benzene rings is 5. The molecule has 9 heteroatoms. The van der Waals surface area contributed by atoms with Gasteiger partial charge in [-0.2, -0.15) is 0 Å². The second kappa shape index (κ2) is 13.7. The van der Waals surface area contributed by atoms with E-state index < -0.39 is 23.4 Å². The summed E-state index contributed by atoms with van der Waals surface area (Å²) in [6, 6.07) is 27.8. The van der Waals surface area contributed by atoms with Crippen LogP contribution in [-0.4, -0.2) is 18.9 Å². The van der Waals surface area contributed by atoms with Gasteiger partial charge in [-0.15, -0.1) is 0 Å². The lowest BCUT2D eigenvalue weighted by Crippen LogP contribution is -2.18. The number of anilines is 2. The quantitative estimate of drug-likeness (QED) is 0.171. The number of halogens is 4. The molecule has 0 atom stereocenters. The highest BCUT2D eigenvalue weighted by atomic mass is 35.5. The predicted octanol–water partition coefficient (Wildman–Crippen LogP) is 8.97. The first-order valence-electron chi connectivity index (χ1n) is 13.6. The summed E-state index contributed by atoms with van der Waals surface area (Å²) in [5.74, 6) is -2.34. The van der Waals surface area contributed by atoms with E-state index in [1.54, 1.807) is 60.7 Å². The van der Waals surface area contributed by atoms with Gasteiger partial charge in [-0.05, 0) is 76.9 Å². The number of hydrogen-bond acceptors (Lipinski definition) is 3. The number of carbonyl (C=O) groups excluding carboxylic acids is 2. The molecule has 0 fully saturated rings. The minimum atomic E-state index is -0.690. The molecule has 5 nitrogen and oxygen atoms in total. The first-order valence-corrected chi connectivity index (χ1v) is 14.3. The minimum absolute atomic E-state index is 0.00465. The highest BCUT2D eigenvalue weighted by Crippen LogP contribution is 2.27. The van der Waals surface area contributed by atoms with E-state index in [4.69, 9.17) is 27.9 Å². The molecule has 2 amide bonds. The van der Waals surface area contributed by atoms with Crippen LogP contribution in [0.15, 0.2) is 103 Å². The average molecular weight is 632 g/mol. The van der Waals surface area contributed by atoms with Gasteiger partial charge in [0.1, 0.15) is 17.4 Å². The number of rotatable bonds is 9. The standard InChI is InChI=1S/C35H26Cl2F2N2O3/c1-44-31-15-14-25(34(42)40-29-12-4-8-23(32(29)38)16-21-6-2-10-26(36)18-21)20-28(31)35(43)41-30-13-5-9-24(33(30)39)17-22-7-3-11-27(37)19-22/h2-15,18-20H,16-17H2,1H3,(H,40,42)(H,41,43). The maximum absolute atomic E-state index is 15.4. The number of amides is 2. The van der Waals surface area contributed by atoms with Crippen LogP contribution in [0.5, 0.6) is 5.75 Å². The second-order valence-corrected chi connectivity index (χ2v) is 10.9. The lowest BCUT2D eigenvalue weighted by molar-refractivity contribution is 0.102. The Bertz CT molecular complexity index is 1860. The molecule has 0 unspecified atom stereocenters. The van der Waals surface area contributed by atoms with Gasteiger partial charge >= 0.3 is 0 Å². The molecule has 0 aliphatic rings. The van der Waals surface area contributed by atoms with Crippen molar-refractivity contribution in [2.75, 3.05) is 17.7 Å². The van der Waals surface area contributed by atoms with E-state index in [2.05, 4.69) is 10.6 Å². The molecule has 0 saturated heterocycles. The van der Waals surface area contributed by atoms with Crippen molar-refractivity contribution in [3.05, 3.63) is 158 Å². The third-order valence-electron chi connectivity index (χ3n) is 6.93. The Morgan fingerprint density at radius 3 is 1.66 bits per heavy atom. The van der Waals surface area contributed by atoms with E-state index in [1.807, 2.05) is 12.1 Å². The fourth-order valence-electron chi connectivity index (χ4n) is 4.77. The molecule has 0 saturated carbocycles. The average Bonchev–Trinajstić information content (AvgIpc) is 3.01. The molecule has 222 valence electrons. The van der Waals surface area contributed by atoms with Crippen LogP contribution in [0, 0.1) is 11.6 Å². The number of methoxy groups -OCH3 is 1. The topological polar surface area (TPSA) is 67.4 Å². The second-order valence-electron chi connectivity index (χ2n) is 9.99. The zero-order valence-electron chi connectivity index (χ0n) is 23.5. The van der Waals surface area contributed by atoms with Crippen LogP contribution in [0.3, 0.4) is 0 Å². The van der Waals surface area contributed by atoms with Crippen LogP contribution < -0.4 is 15.4 Å². The molecule has 5 aromatic rings. The van der Waals surface area contributed by atoms with Crippen molar-refractivity contribution in [3.8, 4) is 5.75 Å². The Kier molecular flexibility index (Phi) is 9.58. The first-order chi connectivity index (χ1) is 21.2. The van der Waals surface area contributed by atoms with Gasteiger partial charge in [-0.25, -0.2) is 8.78 Å². The summed E-state index contributed by atoms with van der Waals surface area (Å²) in [6.45, 7) is 0. The molecular formula is C35H26Cl2F2N2O3. The van der Waals surface area contributed by atoms with Gasteiger partial charge in [0, 0.05) is 28.5 Å². The van der Waals surface area contributed by atoms with Gasteiger partial charge in [0.05, 0.1) is 24.0 Å². The summed E-state index contributed by atoms with van der Waals surface area (Å²) in [7, 11) is 1.37. The van der Waals surface area contributed by atoms with Crippen molar-refractivity contribution in [3.63, 3.8) is 0 Å². The molecule has 0 aliphatic carbocycles. The largest absolute Gasteiger partial charge is 0.496 e. The zero-order chi connectivity index (χ0) is 31.2. The van der Waals surface area contributed by atoms with Crippen LogP contribution in [-0.2, 0) is 12.8 Å². The van der Waals surface area contributed by atoms with E-state index in [1.165, 1.54) is 37.4 Å². The number of hydrogen-bond donors (Lipinski definition) is 2. The lowest BCUT2D eigenvalue weighted by atomic mass is 10.0. The Hall–Kier alpha value is -4.72. The Balaban J connectivity index is 1.34. The maximum Gasteiger partial charge on any atom is 0.259 e. The van der Waals surface area contributed by atoms with E-state index in [-0.39, 0.29) is 41.1 Å². The third-order valence-corrected chi connectivity index (χ3v) is 7.40. The van der Waals surface area contributed by atoms with Crippen molar-refractivity contribution in [1.82, 2.24) is 0 Å². The third kappa shape index (κ3) is 7.25.